The Balaban J connectivity index is 2.60. The molecule has 0 amide bonds. The number of carboxylic acids is 1. The third-order valence-corrected chi connectivity index (χ3v) is 6.12. The minimum atomic E-state index is -0.741. The molecule has 30 heavy (non-hydrogen) atoms. The molecule has 0 spiro atoms. The van der Waals surface area contributed by atoms with Crippen molar-refractivity contribution in [3.63, 3.8) is 0 Å². The molecule has 1 aromatic carbocycles. The smallest absolute Gasteiger partial charge is 0.331 e. The van der Waals surface area contributed by atoms with E-state index in [4.69, 9.17) is 0 Å². The molecule has 2 nitrogen and oxygen atoms in total. The number of unbranched alkanes of at least 4 members (excludes halogenated alkanes) is 12. The molecular formula is C28H46O2. The van der Waals surface area contributed by atoms with Gasteiger partial charge in [0.05, 0.1) is 0 Å². The molecule has 1 rings (SSSR count). The summed E-state index contributed by atoms with van der Waals surface area (Å²) in [4.78, 5) is 12.1. The molecular weight excluding hydrogens is 368 g/mol. The maximum absolute atomic E-state index is 12.1. The van der Waals surface area contributed by atoms with Crippen LogP contribution in [0.25, 0.3) is 6.08 Å². The normalized spacial score (nSPS) is 11.9. The highest BCUT2D eigenvalue weighted by Crippen LogP contribution is 2.28. The summed E-state index contributed by atoms with van der Waals surface area (Å²) in [6.07, 6.45) is 21.8. The molecule has 1 aromatic rings. The molecule has 170 valence electrons. The third kappa shape index (κ3) is 12.9. The maximum atomic E-state index is 12.1. The first kappa shape index (κ1) is 26.5. The zero-order valence-electron chi connectivity index (χ0n) is 19.7. The minimum Gasteiger partial charge on any atom is -0.478 e. The summed E-state index contributed by atoms with van der Waals surface area (Å²) in [5.41, 5.74) is 1.61. The zero-order valence-corrected chi connectivity index (χ0v) is 19.7. The van der Waals surface area contributed by atoms with Crippen LogP contribution in [-0.4, -0.2) is 11.1 Å². The van der Waals surface area contributed by atoms with E-state index in [1.165, 1.54) is 77.0 Å². The van der Waals surface area contributed by atoms with Crippen LogP contribution in [0.1, 0.15) is 122 Å². The van der Waals surface area contributed by atoms with Gasteiger partial charge in [0.15, 0.2) is 0 Å². The van der Waals surface area contributed by atoms with Gasteiger partial charge in [-0.15, -0.1) is 0 Å². The van der Waals surface area contributed by atoms with Crippen LogP contribution in [0.4, 0.5) is 0 Å². The molecule has 2 heteroatoms. The Labute approximate surface area is 186 Å². The van der Waals surface area contributed by atoms with Gasteiger partial charge in [-0.2, -0.15) is 0 Å². The van der Waals surface area contributed by atoms with Gasteiger partial charge in [-0.3, -0.25) is 0 Å². The lowest BCUT2D eigenvalue weighted by atomic mass is 9.86. The number of carbonyl (C=O) groups is 1. The van der Waals surface area contributed by atoms with E-state index in [2.05, 4.69) is 13.8 Å². The average Bonchev–Trinajstić information content (AvgIpc) is 2.75. The highest BCUT2D eigenvalue weighted by atomic mass is 16.4. The van der Waals surface area contributed by atoms with Gasteiger partial charge in [0.25, 0.3) is 0 Å². The van der Waals surface area contributed by atoms with Gasteiger partial charge < -0.3 is 5.11 Å². The molecule has 0 atom stereocenters. The molecule has 0 aliphatic carbocycles. The van der Waals surface area contributed by atoms with Gasteiger partial charge in [0.1, 0.15) is 0 Å². The summed E-state index contributed by atoms with van der Waals surface area (Å²) in [5.74, 6) is -0.566. The van der Waals surface area contributed by atoms with Crippen molar-refractivity contribution in [3.05, 3.63) is 41.5 Å². The predicted octanol–water partition coefficient (Wildman–Crippen LogP) is 9.05. The molecule has 0 heterocycles. The summed E-state index contributed by atoms with van der Waals surface area (Å²) >= 11 is 0. The number of hydrogen-bond donors (Lipinski definition) is 1. The summed E-state index contributed by atoms with van der Waals surface area (Å²) in [6.45, 7) is 4.50. The van der Waals surface area contributed by atoms with Crippen molar-refractivity contribution in [2.45, 2.75) is 117 Å². The topological polar surface area (TPSA) is 37.3 Å². The molecule has 0 saturated carbocycles. The first-order valence-corrected chi connectivity index (χ1v) is 12.7. The van der Waals surface area contributed by atoms with E-state index in [1.54, 1.807) is 0 Å². The van der Waals surface area contributed by atoms with Crippen molar-refractivity contribution in [2.75, 3.05) is 0 Å². The first-order chi connectivity index (χ1) is 14.7. The summed E-state index contributed by atoms with van der Waals surface area (Å²) in [6, 6.07) is 9.94. The molecule has 0 aliphatic rings. The van der Waals surface area contributed by atoms with Gasteiger partial charge in [-0.05, 0) is 30.4 Å². The summed E-state index contributed by atoms with van der Waals surface area (Å²) < 4.78 is 0. The van der Waals surface area contributed by atoms with Gasteiger partial charge in [0, 0.05) is 5.57 Å². The van der Waals surface area contributed by atoms with E-state index in [0.717, 1.165) is 31.2 Å². The van der Waals surface area contributed by atoms with Crippen molar-refractivity contribution < 1.29 is 9.90 Å². The fourth-order valence-corrected chi connectivity index (χ4v) is 4.23. The van der Waals surface area contributed by atoms with Crippen LogP contribution < -0.4 is 0 Å². The number of hydrogen-bond acceptors (Lipinski definition) is 1. The highest BCUT2D eigenvalue weighted by Gasteiger charge is 2.20. The Morgan fingerprint density at radius 1 is 0.733 bits per heavy atom. The van der Waals surface area contributed by atoms with Crippen molar-refractivity contribution in [1.29, 1.82) is 0 Å². The monoisotopic (exact) mass is 414 g/mol. The second-order valence-electron chi connectivity index (χ2n) is 8.83. The zero-order chi connectivity index (χ0) is 21.9. The second kappa shape index (κ2) is 18.2. The summed E-state index contributed by atoms with van der Waals surface area (Å²) in [7, 11) is 0. The fraction of sp³-hybridized carbons (Fsp3) is 0.679. The lowest BCUT2D eigenvalue weighted by Gasteiger charge is -2.18. The van der Waals surface area contributed by atoms with Gasteiger partial charge in [-0.25, -0.2) is 4.79 Å². The van der Waals surface area contributed by atoms with E-state index in [1.807, 2.05) is 36.4 Å². The Kier molecular flexibility index (Phi) is 16.1. The molecule has 0 bridgehead atoms. The molecule has 0 unspecified atom stereocenters. The Morgan fingerprint density at radius 3 is 1.60 bits per heavy atom. The Morgan fingerprint density at radius 2 is 1.17 bits per heavy atom. The predicted molar refractivity (Wildman–Crippen MR) is 131 cm³/mol. The standard InChI is InChI=1S/C28H46O2/c1-3-5-7-9-11-13-18-22-26(23-19-14-12-10-8-6-4-2)27(28(29)30)24-25-20-16-15-17-21-25/h15-17,20-21,24,26H,3-14,18-19,22-23H2,1-2H3,(H,29,30). The third-order valence-electron chi connectivity index (χ3n) is 6.12. The van der Waals surface area contributed by atoms with Crippen molar-refractivity contribution in [3.8, 4) is 0 Å². The molecule has 0 fully saturated rings. The van der Waals surface area contributed by atoms with Gasteiger partial charge >= 0.3 is 5.97 Å². The van der Waals surface area contributed by atoms with Crippen LogP contribution >= 0.6 is 0 Å². The number of aliphatic carboxylic acids is 1. The minimum absolute atomic E-state index is 0.175. The van der Waals surface area contributed by atoms with Crippen LogP contribution in [0.3, 0.4) is 0 Å². The van der Waals surface area contributed by atoms with Crippen LogP contribution in [0.2, 0.25) is 0 Å². The van der Waals surface area contributed by atoms with Crippen molar-refractivity contribution >= 4 is 12.0 Å². The molecule has 0 aromatic heterocycles. The van der Waals surface area contributed by atoms with Crippen LogP contribution in [0.15, 0.2) is 35.9 Å². The number of rotatable bonds is 19. The Hall–Kier alpha value is -1.57. The Bertz CT molecular complexity index is 543. The molecule has 0 saturated heterocycles. The van der Waals surface area contributed by atoms with Crippen molar-refractivity contribution in [2.24, 2.45) is 5.92 Å². The molecule has 1 N–H and O–H groups in total. The average molecular weight is 415 g/mol. The van der Waals surface area contributed by atoms with Crippen molar-refractivity contribution in [1.82, 2.24) is 0 Å². The maximum Gasteiger partial charge on any atom is 0.331 e. The first-order valence-electron chi connectivity index (χ1n) is 12.7. The van der Waals surface area contributed by atoms with E-state index in [9.17, 15) is 9.90 Å². The molecule has 0 aliphatic heterocycles. The number of benzene rings is 1. The fourth-order valence-electron chi connectivity index (χ4n) is 4.23. The van der Waals surface area contributed by atoms with E-state index in [0.29, 0.717) is 5.57 Å². The van der Waals surface area contributed by atoms with Crippen LogP contribution in [0.5, 0.6) is 0 Å². The lowest BCUT2D eigenvalue weighted by molar-refractivity contribution is -0.133. The van der Waals surface area contributed by atoms with Gasteiger partial charge in [0.2, 0.25) is 0 Å². The van der Waals surface area contributed by atoms with Crippen LogP contribution in [-0.2, 0) is 4.79 Å². The second-order valence-corrected chi connectivity index (χ2v) is 8.83. The van der Waals surface area contributed by atoms with E-state index in [-0.39, 0.29) is 5.92 Å². The number of carboxylic acid groups (broad SMARTS) is 1. The lowest BCUT2D eigenvalue weighted by Crippen LogP contribution is -2.13. The largest absolute Gasteiger partial charge is 0.478 e. The van der Waals surface area contributed by atoms with Crippen LogP contribution in [0, 0.1) is 5.92 Å². The molecule has 0 radical (unpaired) electrons. The highest BCUT2D eigenvalue weighted by molar-refractivity contribution is 5.92. The van der Waals surface area contributed by atoms with E-state index >= 15 is 0 Å². The quantitative estimate of drug-likeness (QED) is 0.181. The van der Waals surface area contributed by atoms with Gasteiger partial charge in [-0.1, -0.05) is 134 Å². The SMILES string of the molecule is CCCCCCCCCC(CCCCCCCCC)C(=Cc1ccccc1)C(=O)O. The summed E-state index contributed by atoms with van der Waals surface area (Å²) in [5, 5.41) is 9.94. The van der Waals surface area contributed by atoms with E-state index < -0.39 is 5.97 Å².